The zero-order valence-corrected chi connectivity index (χ0v) is 10.9. The van der Waals surface area contributed by atoms with Gasteiger partial charge in [0, 0.05) is 32.8 Å². The minimum atomic E-state index is 0.427. The van der Waals surface area contributed by atoms with Crippen LogP contribution < -0.4 is 5.32 Å². The molecule has 2 unspecified atom stereocenters. The Labute approximate surface area is 99.3 Å². The number of nitrogens with one attached hydrogen (secondary N) is 1. The van der Waals surface area contributed by atoms with Gasteiger partial charge >= 0.3 is 0 Å². The molecule has 0 spiro atoms. The van der Waals surface area contributed by atoms with E-state index < -0.39 is 0 Å². The van der Waals surface area contributed by atoms with Crippen LogP contribution in [-0.4, -0.2) is 64.1 Å². The first-order chi connectivity index (χ1) is 7.81. The van der Waals surface area contributed by atoms with Crippen LogP contribution in [0.1, 0.15) is 19.8 Å². The van der Waals surface area contributed by atoms with Crippen LogP contribution in [-0.2, 0) is 9.47 Å². The van der Waals surface area contributed by atoms with E-state index in [1.54, 1.807) is 7.11 Å². The molecule has 1 heterocycles. The van der Waals surface area contributed by atoms with Gasteiger partial charge in [0.15, 0.2) is 0 Å². The van der Waals surface area contributed by atoms with Crippen LogP contribution in [0.3, 0.4) is 0 Å². The SMILES string of the molecule is CCN(CC1CCCO1)C(CNC)COC. The normalized spacial score (nSPS) is 22.9. The molecule has 96 valence electrons. The molecule has 0 aliphatic carbocycles. The third-order valence-corrected chi connectivity index (χ3v) is 3.18. The van der Waals surface area contributed by atoms with E-state index in [9.17, 15) is 0 Å². The molecular formula is C12H26N2O2. The van der Waals surface area contributed by atoms with Crippen molar-refractivity contribution in [3.8, 4) is 0 Å². The number of methoxy groups -OCH3 is 1. The lowest BCUT2D eigenvalue weighted by Crippen LogP contribution is -2.47. The number of likely N-dealkylation sites (N-methyl/N-ethyl adjacent to an activating group) is 2. The largest absolute Gasteiger partial charge is 0.383 e. The predicted molar refractivity (Wildman–Crippen MR) is 65.8 cm³/mol. The van der Waals surface area contributed by atoms with Crippen LogP contribution in [0.5, 0.6) is 0 Å². The summed E-state index contributed by atoms with van der Waals surface area (Å²) in [6.45, 7) is 6.97. The molecule has 0 aromatic heterocycles. The monoisotopic (exact) mass is 230 g/mol. The lowest BCUT2D eigenvalue weighted by Gasteiger charge is -2.31. The fourth-order valence-corrected chi connectivity index (χ4v) is 2.31. The summed E-state index contributed by atoms with van der Waals surface area (Å²) in [6.07, 6.45) is 2.84. The Morgan fingerprint density at radius 3 is 2.88 bits per heavy atom. The number of hydrogen-bond acceptors (Lipinski definition) is 4. The minimum Gasteiger partial charge on any atom is -0.383 e. The van der Waals surface area contributed by atoms with Crippen molar-refractivity contribution < 1.29 is 9.47 Å². The first-order valence-corrected chi connectivity index (χ1v) is 6.31. The van der Waals surface area contributed by atoms with Gasteiger partial charge in [0.2, 0.25) is 0 Å². The maximum absolute atomic E-state index is 5.69. The van der Waals surface area contributed by atoms with E-state index in [0.717, 1.165) is 32.8 Å². The zero-order chi connectivity index (χ0) is 11.8. The summed E-state index contributed by atoms with van der Waals surface area (Å²) < 4.78 is 11.0. The van der Waals surface area contributed by atoms with Crippen molar-refractivity contribution in [2.45, 2.75) is 31.9 Å². The Balaban J connectivity index is 2.40. The third-order valence-electron chi connectivity index (χ3n) is 3.18. The molecule has 0 saturated carbocycles. The highest BCUT2D eigenvalue weighted by molar-refractivity contribution is 4.77. The Morgan fingerprint density at radius 2 is 2.38 bits per heavy atom. The molecule has 1 aliphatic rings. The van der Waals surface area contributed by atoms with Crippen LogP contribution >= 0.6 is 0 Å². The van der Waals surface area contributed by atoms with Crippen LogP contribution in [0.4, 0.5) is 0 Å². The molecule has 1 saturated heterocycles. The molecule has 0 aromatic rings. The summed E-state index contributed by atoms with van der Waals surface area (Å²) in [5.74, 6) is 0. The number of hydrogen-bond donors (Lipinski definition) is 1. The second kappa shape index (κ2) is 8.01. The highest BCUT2D eigenvalue weighted by Crippen LogP contribution is 2.14. The summed E-state index contributed by atoms with van der Waals surface area (Å²) in [4.78, 5) is 2.45. The number of nitrogens with zero attached hydrogens (tertiary/aromatic N) is 1. The van der Waals surface area contributed by atoms with E-state index in [-0.39, 0.29) is 0 Å². The first kappa shape index (κ1) is 13.9. The van der Waals surface area contributed by atoms with Crippen LogP contribution in [0.25, 0.3) is 0 Å². The van der Waals surface area contributed by atoms with Crippen LogP contribution in [0, 0.1) is 0 Å². The van der Waals surface area contributed by atoms with Crippen molar-refractivity contribution in [1.82, 2.24) is 10.2 Å². The highest BCUT2D eigenvalue weighted by Gasteiger charge is 2.23. The molecule has 2 atom stereocenters. The quantitative estimate of drug-likeness (QED) is 0.666. The van der Waals surface area contributed by atoms with Crippen molar-refractivity contribution >= 4 is 0 Å². The van der Waals surface area contributed by atoms with Crippen molar-refractivity contribution in [2.24, 2.45) is 0 Å². The lowest BCUT2D eigenvalue weighted by molar-refractivity contribution is 0.0362. The second-order valence-electron chi connectivity index (χ2n) is 4.39. The predicted octanol–water partition coefficient (Wildman–Crippen LogP) is 0.722. The molecule has 1 rings (SSSR count). The molecule has 0 aromatic carbocycles. The van der Waals surface area contributed by atoms with Gasteiger partial charge in [-0.3, -0.25) is 4.90 Å². The maximum Gasteiger partial charge on any atom is 0.0702 e. The van der Waals surface area contributed by atoms with Gasteiger partial charge in [-0.25, -0.2) is 0 Å². The van der Waals surface area contributed by atoms with E-state index >= 15 is 0 Å². The van der Waals surface area contributed by atoms with Crippen LogP contribution in [0.2, 0.25) is 0 Å². The Bertz CT molecular complexity index is 166. The fraction of sp³-hybridized carbons (Fsp3) is 1.00. The van der Waals surface area contributed by atoms with E-state index in [2.05, 4.69) is 17.1 Å². The summed E-state index contributed by atoms with van der Waals surface area (Å²) in [5, 5.41) is 3.23. The Morgan fingerprint density at radius 1 is 1.56 bits per heavy atom. The van der Waals surface area contributed by atoms with Gasteiger partial charge in [0.1, 0.15) is 0 Å². The second-order valence-corrected chi connectivity index (χ2v) is 4.39. The average molecular weight is 230 g/mol. The van der Waals surface area contributed by atoms with Gasteiger partial charge in [0.05, 0.1) is 12.7 Å². The summed E-state index contributed by atoms with van der Waals surface area (Å²) in [5.41, 5.74) is 0. The van der Waals surface area contributed by atoms with Crippen LogP contribution in [0.15, 0.2) is 0 Å². The molecule has 16 heavy (non-hydrogen) atoms. The maximum atomic E-state index is 5.69. The molecule has 1 N–H and O–H groups in total. The standard InChI is InChI=1S/C12H26N2O2/c1-4-14(9-12-6-5-7-16-12)11(8-13-2)10-15-3/h11-13H,4-10H2,1-3H3. The van der Waals surface area contributed by atoms with E-state index in [1.807, 2.05) is 7.05 Å². The van der Waals surface area contributed by atoms with E-state index in [1.165, 1.54) is 12.8 Å². The summed E-state index contributed by atoms with van der Waals surface area (Å²) in [7, 11) is 3.76. The van der Waals surface area contributed by atoms with E-state index in [4.69, 9.17) is 9.47 Å². The number of rotatable bonds is 8. The molecule has 0 bridgehead atoms. The average Bonchev–Trinajstić information content (AvgIpc) is 2.78. The van der Waals surface area contributed by atoms with Crippen molar-refractivity contribution in [3.63, 3.8) is 0 Å². The first-order valence-electron chi connectivity index (χ1n) is 6.31. The smallest absolute Gasteiger partial charge is 0.0702 e. The van der Waals surface area contributed by atoms with Gasteiger partial charge in [-0.1, -0.05) is 6.92 Å². The molecule has 1 aliphatic heterocycles. The molecular weight excluding hydrogens is 204 g/mol. The summed E-state index contributed by atoms with van der Waals surface area (Å²) in [6, 6.07) is 0.448. The fourth-order valence-electron chi connectivity index (χ4n) is 2.31. The Hall–Kier alpha value is -0.160. The third kappa shape index (κ3) is 4.37. The molecule has 0 radical (unpaired) electrons. The molecule has 1 fully saturated rings. The lowest BCUT2D eigenvalue weighted by atomic mass is 10.2. The van der Waals surface area contributed by atoms with E-state index in [0.29, 0.717) is 12.1 Å². The zero-order valence-electron chi connectivity index (χ0n) is 10.9. The Kier molecular flexibility index (Phi) is 6.96. The molecule has 0 amide bonds. The van der Waals surface area contributed by atoms with Gasteiger partial charge in [-0.15, -0.1) is 0 Å². The molecule has 4 heteroatoms. The van der Waals surface area contributed by atoms with Crippen molar-refractivity contribution in [1.29, 1.82) is 0 Å². The topological polar surface area (TPSA) is 33.7 Å². The van der Waals surface area contributed by atoms with Crippen molar-refractivity contribution in [3.05, 3.63) is 0 Å². The number of ether oxygens (including phenoxy) is 2. The minimum absolute atomic E-state index is 0.427. The van der Waals surface area contributed by atoms with Gasteiger partial charge in [-0.05, 0) is 26.4 Å². The molecule has 4 nitrogen and oxygen atoms in total. The van der Waals surface area contributed by atoms with Gasteiger partial charge < -0.3 is 14.8 Å². The van der Waals surface area contributed by atoms with Crippen molar-refractivity contribution in [2.75, 3.05) is 47.0 Å². The summed E-state index contributed by atoms with van der Waals surface area (Å²) >= 11 is 0. The van der Waals surface area contributed by atoms with Gasteiger partial charge in [0.25, 0.3) is 0 Å². The highest BCUT2D eigenvalue weighted by atomic mass is 16.5. The van der Waals surface area contributed by atoms with Gasteiger partial charge in [-0.2, -0.15) is 0 Å².